The zero-order chi connectivity index (χ0) is 18.4. The van der Waals surface area contributed by atoms with E-state index in [0.29, 0.717) is 10.6 Å². The summed E-state index contributed by atoms with van der Waals surface area (Å²) < 4.78 is 25.0. The Balaban J connectivity index is 1.90. The highest BCUT2D eigenvalue weighted by atomic mass is 32.2. The SMILES string of the molecule is CC(NC(=O)CCC(=O)c1cccs1)c1cccc(NS(C)(=O)=O)c1. The molecule has 0 aliphatic carbocycles. The van der Waals surface area contributed by atoms with Crippen LogP contribution in [0.1, 0.15) is 41.0 Å². The maximum atomic E-state index is 12.0. The minimum atomic E-state index is -3.36. The number of thiophene rings is 1. The van der Waals surface area contributed by atoms with E-state index in [1.165, 1.54) is 11.3 Å². The number of hydrogen-bond acceptors (Lipinski definition) is 5. The number of nitrogens with one attached hydrogen (secondary N) is 2. The lowest BCUT2D eigenvalue weighted by Crippen LogP contribution is -2.27. The molecule has 6 nitrogen and oxygen atoms in total. The summed E-state index contributed by atoms with van der Waals surface area (Å²) in [4.78, 5) is 24.6. The van der Waals surface area contributed by atoms with Gasteiger partial charge in [0.2, 0.25) is 15.9 Å². The van der Waals surface area contributed by atoms with Crippen LogP contribution in [0.4, 0.5) is 5.69 Å². The summed E-state index contributed by atoms with van der Waals surface area (Å²) in [5.74, 6) is -0.268. The van der Waals surface area contributed by atoms with Crippen LogP contribution in [0.5, 0.6) is 0 Å². The van der Waals surface area contributed by atoms with Gasteiger partial charge in [0.25, 0.3) is 0 Å². The molecule has 2 N–H and O–H groups in total. The van der Waals surface area contributed by atoms with E-state index in [2.05, 4.69) is 10.0 Å². The molecule has 25 heavy (non-hydrogen) atoms. The monoisotopic (exact) mass is 380 g/mol. The Morgan fingerprint density at radius 1 is 1.16 bits per heavy atom. The van der Waals surface area contributed by atoms with Gasteiger partial charge in [-0.15, -0.1) is 11.3 Å². The van der Waals surface area contributed by atoms with Crippen LogP contribution < -0.4 is 10.0 Å². The van der Waals surface area contributed by atoms with E-state index in [1.807, 2.05) is 5.38 Å². The number of benzene rings is 1. The molecule has 1 amide bonds. The number of anilines is 1. The minimum Gasteiger partial charge on any atom is -0.350 e. The summed E-state index contributed by atoms with van der Waals surface area (Å²) >= 11 is 1.36. The minimum absolute atomic E-state index is 0.0443. The average molecular weight is 380 g/mol. The fourth-order valence-electron chi connectivity index (χ4n) is 2.27. The van der Waals surface area contributed by atoms with Crippen LogP contribution in [-0.2, 0) is 14.8 Å². The van der Waals surface area contributed by atoms with E-state index >= 15 is 0 Å². The highest BCUT2D eigenvalue weighted by molar-refractivity contribution is 7.92. The molecule has 0 saturated heterocycles. The Labute approximate surface area is 151 Å². The molecule has 1 unspecified atom stereocenters. The van der Waals surface area contributed by atoms with Gasteiger partial charge in [0.15, 0.2) is 5.78 Å². The largest absolute Gasteiger partial charge is 0.350 e. The molecule has 0 spiro atoms. The Morgan fingerprint density at radius 2 is 1.92 bits per heavy atom. The molecule has 0 fully saturated rings. The number of sulfonamides is 1. The first-order valence-electron chi connectivity index (χ1n) is 7.68. The first-order valence-corrected chi connectivity index (χ1v) is 10.5. The van der Waals surface area contributed by atoms with E-state index in [-0.39, 0.29) is 30.6 Å². The van der Waals surface area contributed by atoms with E-state index in [1.54, 1.807) is 43.3 Å². The first kappa shape index (κ1) is 19.1. The standard InChI is InChI=1S/C17H20N2O4S2/c1-12(13-5-3-6-14(11-13)19-25(2,22)23)18-17(21)9-8-15(20)16-7-4-10-24-16/h3-7,10-12,19H,8-9H2,1-2H3,(H,18,21). The predicted molar refractivity (Wildman–Crippen MR) is 99.3 cm³/mol. The van der Waals surface area contributed by atoms with Gasteiger partial charge in [-0.3, -0.25) is 14.3 Å². The zero-order valence-electron chi connectivity index (χ0n) is 14.0. The fraction of sp³-hybridized carbons (Fsp3) is 0.294. The van der Waals surface area contributed by atoms with Crippen molar-refractivity contribution in [2.45, 2.75) is 25.8 Å². The van der Waals surface area contributed by atoms with Gasteiger partial charge in [0.1, 0.15) is 0 Å². The summed E-state index contributed by atoms with van der Waals surface area (Å²) in [7, 11) is -3.36. The van der Waals surface area contributed by atoms with E-state index in [9.17, 15) is 18.0 Å². The highest BCUT2D eigenvalue weighted by Gasteiger charge is 2.13. The van der Waals surface area contributed by atoms with E-state index in [0.717, 1.165) is 11.8 Å². The van der Waals surface area contributed by atoms with Crippen molar-refractivity contribution in [3.63, 3.8) is 0 Å². The number of rotatable bonds is 8. The number of carbonyl (C=O) groups excluding carboxylic acids is 2. The lowest BCUT2D eigenvalue weighted by molar-refractivity contribution is -0.121. The van der Waals surface area contributed by atoms with Gasteiger partial charge in [-0.2, -0.15) is 0 Å². The summed E-state index contributed by atoms with van der Waals surface area (Å²) in [6, 6.07) is 10.1. The third kappa shape index (κ3) is 6.32. The third-order valence-corrected chi connectivity index (χ3v) is 4.96. The second-order valence-corrected chi connectivity index (χ2v) is 8.39. The maximum Gasteiger partial charge on any atom is 0.229 e. The van der Waals surface area contributed by atoms with Gasteiger partial charge in [0.05, 0.1) is 17.2 Å². The molecule has 2 rings (SSSR count). The molecule has 0 aliphatic rings. The molecule has 1 atom stereocenters. The number of amides is 1. The number of carbonyl (C=O) groups is 2. The quantitative estimate of drug-likeness (QED) is 0.689. The van der Waals surface area contributed by atoms with Crippen LogP contribution in [-0.4, -0.2) is 26.4 Å². The molecular formula is C17H20N2O4S2. The van der Waals surface area contributed by atoms with Gasteiger partial charge < -0.3 is 5.32 Å². The fourth-order valence-corrected chi connectivity index (χ4v) is 3.52. The molecule has 0 aliphatic heterocycles. The Kier molecular flexibility index (Phi) is 6.33. The molecule has 1 aromatic heterocycles. The smallest absolute Gasteiger partial charge is 0.229 e. The Hall–Kier alpha value is -2.19. The van der Waals surface area contributed by atoms with Crippen molar-refractivity contribution in [3.05, 3.63) is 52.2 Å². The van der Waals surface area contributed by atoms with Crippen LogP contribution >= 0.6 is 11.3 Å². The van der Waals surface area contributed by atoms with Crippen molar-refractivity contribution in [3.8, 4) is 0 Å². The second-order valence-electron chi connectivity index (χ2n) is 5.69. The van der Waals surface area contributed by atoms with E-state index < -0.39 is 10.0 Å². The van der Waals surface area contributed by atoms with Crippen LogP contribution in [0.25, 0.3) is 0 Å². The van der Waals surface area contributed by atoms with Crippen molar-refractivity contribution < 1.29 is 18.0 Å². The second kappa shape index (κ2) is 8.26. The molecule has 0 radical (unpaired) electrons. The van der Waals surface area contributed by atoms with Gasteiger partial charge in [0, 0.05) is 18.5 Å². The lowest BCUT2D eigenvalue weighted by atomic mass is 10.1. The topological polar surface area (TPSA) is 92.3 Å². The van der Waals surface area contributed by atoms with E-state index in [4.69, 9.17) is 0 Å². The van der Waals surface area contributed by atoms with Crippen LogP contribution in [0.3, 0.4) is 0 Å². The van der Waals surface area contributed by atoms with Crippen molar-refractivity contribution in [1.29, 1.82) is 0 Å². The molecular weight excluding hydrogens is 360 g/mol. The molecule has 0 bridgehead atoms. The molecule has 2 aromatic rings. The van der Waals surface area contributed by atoms with Crippen LogP contribution in [0, 0.1) is 0 Å². The molecule has 134 valence electrons. The number of hydrogen-bond donors (Lipinski definition) is 2. The van der Waals surface area contributed by atoms with Gasteiger partial charge in [-0.05, 0) is 36.1 Å². The van der Waals surface area contributed by atoms with Gasteiger partial charge >= 0.3 is 0 Å². The Bertz CT molecular complexity index is 845. The molecule has 1 heterocycles. The lowest BCUT2D eigenvalue weighted by Gasteiger charge is -2.15. The predicted octanol–water partition coefficient (Wildman–Crippen LogP) is 2.96. The van der Waals surface area contributed by atoms with Gasteiger partial charge in [-0.1, -0.05) is 18.2 Å². The molecule has 1 aromatic carbocycles. The molecule has 0 saturated carbocycles. The summed E-state index contributed by atoms with van der Waals surface area (Å²) in [5, 5.41) is 4.65. The number of Topliss-reactive ketones (excluding diaryl/α,β-unsaturated/α-hetero) is 1. The first-order chi connectivity index (χ1) is 11.7. The van der Waals surface area contributed by atoms with Crippen LogP contribution in [0.15, 0.2) is 41.8 Å². The summed E-state index contributed by atoms with van der Waals surface area (Å²) in [5.41, 5.74) is 1.21. The molecule has 8 heteroatoms. The van der Waals surface area contributed by atoms with Crippen molar-refractivity contribution >= 4 is 38.7 Å². The third-order valence-electron chi connectivity index (χ3n) is 3.44. The van der Waals surface area contributed by atoms with Crippen molar-refractivity contribution in [2.24, 2.45) is 0 Å². The normalized spacial score (nSPS) is 12.4. The van der Waals surface area contributed by atoms with Crippen molar-refractivity contribution in [1.82, 2.24) is 5.32 Å². The number of ketones is 1. The maximum absolute atomic E-state index is 12.0. The average Bonchev–Trinajstić information content (AvgIpc) is 3.05. The van der Waals surface area contributed by atoms with Gasteiger partial charge in [-0.25, -0.2) is 8.42 Å². The zero-order valence-corrected chi connectivity index (χ0v) is 15.6. The highest BCUT2D eigenvalue weighted by Crippen LogP contribution is 2.18. The summed E-state index contributed by atoms with van der Waals surface area (Å²) in [6.07, 6.45) is 1.35. The van der Waals surface area contributed by atoms with Crippen molar-refractivity contribution in [2.75, 3.05) is 11.0 Å². The van der Waals surface area contributed by atoms with Crippen LogP contribution in [0.2, 0.25) is 0 Å². The Morgan fingerprint density at radius 3 is 2.56 bits per heavy atom. The summed E-state index contributed by atoms with van der Waals surface area (Å²) in [6.45, 7) is 1.80.